The van der Waals surface area contributed by atoms with Crippen LogP contribution >= 0.6 is 7.82 Å². The first kappa shape index (κ1) is 13.1. The number of rotatable bonds is 6. The topological polar surface area (TPSA) is 49.2 Å². The van der Waals surface area contributed by atoms with Crippen LogP contribution in [-0.4, -0.2) is 17.6 Å². The Labute approximate surface area is 106 Å². The van der Waals surface area contributed by atoms with Gasteiger partial charge in [0.25, 0.3) is 0 Å². The van der Waals surface area contributed by atoms with E-state index in [-0.39, 0.29) is 13.2 Å². The van der Waals surface area contributed by atoms with Gasteiger partial charge in [0.15, 0.2) is 5.75 Å². The molecule has 0 saturated heterocycles. The molecule has 5 nitrogen and oxygen atoms in total. The second kappa shape index (κ2) is 5.57. The van der Waals surface area contributed by atoms with Crippen molar-refractivity contribution in [3.8, 4) is 5.75 Å². The van der Waals surface area contributed by atoms with Gasteiger partial charge in [-0.25, -0.2) is 4.57 Å². The van der Waals surface area contributed by atoms with E-state index in [1.165, 1.54) is 0 Å². The number of nitrogens with zero attached hydrogens (tertiary/aromatic N) is 1. The Morgan fingerprint density at radius 3 is 2.50 bits per heavy atom. The van der Waals surface area contributed by atoms with E-state index in [1.807, 2.05) is 35.0 Å². The van der Waals surface area contributed by atoms with Gasteiger partial charge in [-0.05, 0) is 32.0 Å². The van der Waals surface area contributed by atoms with Crippen LogP contribution in [0.15, 0.2) is 36.7 Å². The number of pyridine rings is 1. The number of aromatic nitrogens is 1. The molecule has 0 radical (unpaired) electrons. The third-order valence-corrected chi connectivity index (χ3v) is 3.88. The Morgan fingerprint density at radius 2 is 1.83 bits per heavy atom. The van der Waals surface area contributed by atoms with Crippen molar-refractivity contribution in [2.45, 2.75) is 13.8 Å². The molecule has 0 aliphatic heterocycles. The van der Waals surface area contributed by atoms with Gasteiger partial charge in [-0.3, -0.25) is 9.05 Å². The molecule has 0 aliphatic rings. The molecule has 0 aromatic carbocycles. The molecular weight excluding hydrogens is 253 g/mol. The van der Waals surface area contributed by atoms with Crippen LogP contribution in [0.1, 0.15) is 13.8 Å². The molecule has 0 N–H and O–H groups in total. The van der Waals surface area contributed by atoms with Gasteiger partial charge in [0.2, 0.25) is 0 Å². The van der Waals surface area contributed by atoms with E-state index in [9.17, 15) is 4.57 Å². The summed E-state index contributed by atoms with van der Waals surface area (Å²) in [5.74, 6) is 0.487. The van der Waals surface area contributed by atoms with E-state index >= 15 is 0 Å². The Bertz CT molecular complexity index is 556. The van der Waals surface area contributed by atoms with E-state index in [2.05, 4.69) is 0 Å². The number of hydrogen-bond acceptors (Lipinski definition) is 4. The lowest BCUT2D eigenvalue weighted by Crippen LogP contribution is -2.02. The number of phosphoric acid groups is 1. The van der Waals surface area contributed by atoms with Crippen molar-refractivity contribution in [2.75, 3.05) is 13.2 Å². The fraction of sp³-hybridized carbons (Fsp3) is 0.333. The molecule has 0 aliphatic carbocycles. The van der Waals surface area contributed by atoms with Crippen molar-refractivity contribution in [3.05, 3.63) is 36.7 Å². The maximum absolute atomic E-state index is 12.2. The van der Waals surface area contributed by atoms with Crippen LogP contribution < -0.4 is 4.52 Å². The van der Waals surface area contributed by atoms with Crippen LogP contribution in [0.3, 0.4) is 0 Å². The Balaban J connectivity index is 2.29. The Morgan fingerprint density at radius 1 is 1.11 bits per heavy atom. The molecule has 0 amide bonds. The molecule has 0 spiro atoms. The summed E-state index contributed by atoms with van der Waals surface area (Å²) in [4.78, 5) is 0. The molecule has 0 fully saturated rings. The van der Waals surface area contributed by atoms with Gasteiger partial charge in [-0.1, -0.05) is 6.07 Å². The molecule has 2 heterocycles. The van der Waals surface area contributed by atoms with Gasteiger partial charge < -0.3 is 8.92 Å². The Kier molecular flexibility index (Phi) is 4.07. The minimum atomic E-state index is -3.53. The molecular formula is C12H16NO4P. The average Bonchev–Trinajstić information content (AvgIpc) is 2.73. The third kappa shape index (κ3) is 2.75. The highest BCUT2D eigenvalue weighted by Gasteiger charge is 2.28. The van der Waals surface area contributed by atoms with Crippen LogP contribution in [0, 0.1) is 0 Å². The second-order valence-electron chi connectivity index (χ2n) is 3.55. The highest BCUT2D eigenvalue weighted by Crippen LogP contribution is 2.50. The maximum atomic E-state index is 12.2. The monoisotopic (exact) mass is 269 g/mol. The van der Waals surface area contributed by atoms with Crippen LogP contribution in [0.2, 0.25) is 0 Å². The summed E-state index contributed by atoms with van der Waals surface area (Å²) in [6, 6.07) is 7.40. The van der Waals surface area contributed by atoms with Crippen molar-refractivity contribution in [1.82, 2.24) is 4.40 Å². The molecule has 18 heavy (non-hydrogen) atoms. The zero-order valence-electron chi connectivity index (χ0n) is 10.4. The number of phosphoric ester groups is 1. The smallest absolute Gasteiger partial charge is 0.402 e. The zero-order chi connectivity index (χ0) is 13.0. The summed E-state index contributed by atoms with van der Waals surface area (Å²) in [6.45, 7) is 4.02. The van der Waals surface area contributed by atoms with Crippen molar-refractivity contribution in [1.29, 1.82) is 0 Å². The third-order valence-electron chi connectivity index (χ3n) is 2.31. The van der Waals surface area contributed by atoms with Gasteiger partial charge in [0.1, 0.15) is 0 Å². The van der Waals surface area contributed by atoms with Crippen molar-refractivity contribution < 1.29 is 18.1 Å². The molecule has 2 rings (SSSR count). The fourth-order valence-corrected chi connectivity index (χ4v) is 2.84. The van der Waals surface area contributed by atoms with Crippen LogP contribution in [0.25, 0.3) is 5.52 Å². The minimum Gasteiger partial charge on any atom is -0.402 e. The number of fused-ring (bicyclic) bond motifs is 1. The largest absolute Gasteiger partial charge is 0.530 e. The van der Waals surface area contributed by atoms with E-state index in [0.29, 0.717) is 5.75 Å². The highest BCUT2D eigenvalue weighted by molar-refractivity contribution is 7.48. The average molecular weight is 269 g/mol. The summed E-state index contributed by atoms with van der Waals surface area (Å²) in [6.07, 6.45) is 3.71. The normalized spacial score (nSPS) is 11.9. The quantitative estimate of drug-likeness (QED) is 0.753. The first-order chi connectivity index (χ1) is 8.68. The van der Waals surface area contributed by atoms with Crippen LogP contribution in [0.4, 0.5) is 0 Å². The summed E-state index contributed by atoms with van der Waals surface area (Å²) in [5, 5.41) is 0. The van der Waals surface area contributed by atoms with Crippen molar-refractivity contribution >= 4 is 13.3 Å². The molecule has 0 bridgehead atoms. The minimum absolute atomic E-state index is 0.267. The van der Waals surface area contributed by atoms with Gasteiger partial charge in [-0.2, -0.15) is 0 Å². The van der Waals surface area contributed by atoms with Crippen molar-refractivity contribution in [2.24, 2.45) is 0 Å². The van der Waals surface area contributed by atoms with Gasteiger partial charge in [0.05, 0.1) is 18.7 Å². The predicted molar refractivity (Wildman–Crippen MR) is 68.9 cm³/mol. The summed E-state index contributed by atoms with van der Waals surface area (Å²) in [5.41, 5.74) is 0.817. The van der Waals surface area contributed by atoms with E-state index < -0.39 is 7.82 Å². The SMILES string of the molecule is CCOP(=O)(OCC)Oc1ccn2ccccc12. The summed E-state index contributed by atoms with van der Waals surface area (Å²) in [7, 11) is -3.53. The molecule has 0 saturated carbocycles. The molecule has 0 atom stereocenters. The summed E-state index contributed by atoms with van der Waals surface area (Å²) >= 11 is 0. The van der Waals surface area contributed by atoms with Crippen molar-refractivity contribution in [3.63, 3.8) is 0 Å². The standard InChI is InChI=1S/C12H16NO4P/c1-3-15-18(14,16-4-2)17-12-8-10-13-9-6-5-7-11(12)13/h5-10H,3-4H2,1-2H3. The van der Waals surface area contributed by atoms with E-state index in [4.69, 9.17) is 13.6 Å². The fourth-order valence-electron chi connectivity index (χ4n) is 1.63. The number of hydrogen-bond donors (Lipinski definition) is 0. The first-order valence-corrected chi connectivity index (χ1v) is 7.29. The second-order valence-corrected chi connectivity index (χ2v) is 5.14. The predicted octanol–water partition coefficient (Wildman–Crippen LogP) is 3.50. The van der Waals surface area contributed by atoms with Gasteiger partial charge in [-0.15, -0.1) is 0 Å². The lowest BCUT2D eigenvalue weighted by molar-refractivity contribution is 0.168. The van der Waals surface area contributed by atoms with Crippen LogP contribution in [0.5, 0.6) is 5.75 Å². The Hall–Kier alpha value is -1.29. The van der Waals surface area contributed by atoms with E-state index in [0.717, 1.165) is 5.52 Å². The highest BCUT2D eigenvalue weighted by atomic mass is 31.2. The van der Waals surface area contributed by atoms with Gasteiger partial charge in [0, 0.05) is 12.4 Å². The molecule has 0 unspecified atom stereocenters. The molecule has 6 heteroatoms. The maximum Gasteiger partial charge on any atom is 0.530 e. The zero-order valence-corrected chi connectivity index (χ0v) is 11.3. The molecule has 2 aromatic rings. The lowest BCUT2D eigenvalue weighted by Gasteiger charge is -2.16. The van der Waals surface area contributed by atoms with E-state index in [1.54, 1.807) is 19.9 Å². The van der Waals surface area contributed by atoms with Crippen LogP contribution in [-0.2, 0) is 13.6 Å². The lowest BCUT2D eigenvalue weighted by atomic mass is 10.4. The first-order valence-electron chi connectivity index (χ1n) is 5.83. The van der Waals surface area contributed by atoms with Gasteiger partial charge >= 0.3 is 7.82 Å². The summed E-state index contributed by atoms with van der Waals surface area (Å²) < 4.78 is 29.7. The molecule has 2 aromatic heterocycles. The molecule has 98 valence electrons.